The quantitative estimate of drug-likeness (QED) is 0.829. The van der Waals surface area contributed by atoms with Gasteiger partial charge in [0.1, 0.15) is 5.69 Å². The maximum absolute atomic E-state index is 12.5. The van der Waals surface area contributed by atoms with E-state index >= 15 is 0 Å². The summed E-state index contributed by atoms with van der Waals surface area (Å²) in [6, 6.07) is 0.779. The molecule has 1 aromatic heterocycles. The number of nitrogens with zero attached hydrogens (tertiary/aromatic N) is 4. The molecule has 0 atom stereocenters. The van der Waals surface area contributed by atoms with Crippen LogP contribution in [0, 0.1) is 6.92 Å². The van der Waals surface area contributed by atoms with Gasteiger partial charge in [0, 0.05) is 39.3 Å². The van der Waals surface area contributed by atoms with Gasteiger partial charge in [0.25, 0.3) is 5.91 Å². The highest BCUT2D eigenvalue weighted by Gasteiger charge is 2.33. The third-order valence-electron chi connectivity index (χ3n) is 4.14. The van der Waals surface area contributed by atoms with E-state index in [1.54, 1.807) is 11.7 Å². The molecule has 1 aliphatic carbocycles. The molecule has 104 valence electrons. The lowest BCUT2D eigenvalue weighted by molar-refractivity contribution is 0.0617. The number of aryl methyl sites for hydroxylation is 2. The van der Waals surface area contributed by atoms with Crippen LogP contribution in [0.1, 0.15) is 29.0 Å². The van der Waals surface area contributed by atoms with Gasteiger partial charge in [-0.05, 0) is 19.8 Å². The fourth-order valence-corrected chi connectivity index (χ4v) is 2.81. The SMILES string of the molecule is Cc1nn(C)c(C(=O)N2CCN(C3CC3)CC2)c1N. The van der Waals surface area contributed by atoms with Crippen LogP contribution in [0.2, 0.25) is 0 Å². The van der Waals surface area contributed by atoms with E-state index in [2.05, 4.69) is 10.00 Å². The van der Waals surface area contributed by atoms with Crippen molar-refractivity contribution in [3.8, 4) is 0 Å². The Bertz CT molecular complexity index is 497. The lowest BCUT2D eigenvalue weighted by atomic mass is 10.2. The van der Waals surface area contributed by atoms with Gasteiger partial charge in [-0.15, -0.1) is 0 Å². The van der Waals surface area contributed by atoms with E-state index in [1.807, 2.05) is 11.8 Å². The molecule has 1 amide bonds. The first-order valence-corrected chi connectivity index (χ1v) is 6.90. The minimum atomic E-state index is 0.0102. The Morgan fingerprint density at radius 1 is 1.26 bits per heavy atom. The van der Waals surface area contributed by atoms with Gasteiger partial charge in [0.05, 0.1) is 11.4 Å². The van der Waals surface area contributed by atoms with Crippen molar-refractivity contribution in [2.45, 2.75) is 25.8 Å². The normalized spacial score (nSPS) is 20.8. The number of hydrogen-bond acceptors (Lipinski definition) is 4. The number of carbonyl (C=O) groups is 1. The summed E-state index contributed by atoms with van der Waals surface area (Å²) in [6.45, 7) is 5.37. The first kappa shape index (κ1) is 12.5. The zero-order valence-electron chi connectivity index (χ0n) is 11.6. The Hall–Kier alpha value is -1.56. The molecule has 1 aromatic rings. The highest BCUT2D eigenvalue weighted by Crippen LogP contribution is 2.28. The molecule has 1 saturated heterocycles. The molecular formula is C13H21N5O. The number of piperazine rings is 1. The van der Waals surface area contributed by atoms with Gasteiger partial charge in [0.15, 0.2) is 0 Å². The Morgan fingerprint density at radius 3 is 2.37 bits per heavy atom. The third kappa shape index (κ3) is 2.20. The van der Waals surface area contributed by atoms with E-state index in [9.17, 15) is 4.79 Å². The van der Waals surface area contributed by atoms with Crippen LogP contribution >= 0.6 is 0 Å². The first-order chi connectivity index (χ1) is 9.08. The van der Waals surface area contributed by atoms with Gasteiger partial charge < -0.3 is 10.6 Å². The van der Waals surface area contributed by atoms with Crippen molar-refractivity contribution in [2.75, 3.05) is 31.9 Å². The summed E-state index contributed by atoms with van der Waals surface area (Å²) in [5, 5.41) is 4.21. The van der Waals surface area contributed by atoms with Gasteiger partial charge in [-0.1, -0.05) is 0 Å². The lowest BCUT2D eigenvalue weighted by Gasteiger charge is -2.34. The molecule has 0 aromatic carbocycles. The van der Waals surface area contributed by atoms with E-state index in [0.717, 1.165) is 37.9 Å². The predicted octanol–water partition coefficient (Wildman–Crippen LogP) is 0.231. The molecule has 0 bridgehead atoms. The molecule has 2 heterocycles. The summed E-state index contributed by atoms with van der Waals surface area (Å²) in [4.78, 5) is 16.9. The van der Waals surface area contributed by atoms with Gasteiger partial charge in [0.2, 0.25) is 0 Å². The molecular weight excluding hydrogens is 242 g/mol. The molecule has 0 radical (unpaired) electrons. The van der Waals surface area contributed by atoms with Crippen LogP contribution < -0.4 is 5.73 Å². The van der Waals surface area contributed by atoms with Crippen LogP contribution in [0.25, 0.3) is 0 Å². The Labute approximate surface area is 113 Å². The van der Waals surface area contributed by atoms with Gasteiger partial charge in [-0.3, -0.25) is 14.4 Å². The third-order valence-corrected chi connectivity index (χ3v) is 4.14. The van der Waals surface area contributed by atoms with E-state index in [4.69, 9.17) is 5.73 Å². The lowest BCUT2D eigenvalue weighted by Crippen LogP contribution is -2.49. The molecule has 3 rings (SSSR count). The summed E-state index contributed by atoms with van der Waals surface area (Å²) < 4.78 is 1.60. The number of nitrogens with two attached hydrogens (primary N) is 1. The average molecular weight is 263 g/mol. The van der Waals surface area contributed by atoms with E-state index < -0.39 is 0 Å². The predicted molar refractivity (Wildman–Crippen MR) is 72.9 cm³/mol. The molecule has 2 aliphatic rings. The largest absolute Gasteiger partial charge is 0.395 e. The molecule has 19 heavy (non-hydrogen) atoms. The summed E-state index contributed by atoms with van der Waals surface area (Å²) in [6.07, 6.45) is 2.64. The second-order valence-corrected chi connectivity index (χ2v) is 5.53. The number of nitrogen functional groups attached to an aromatic ring is 1. The topological polar surface area (TPSA) is 67.4 Å². The molecule has 0 unspecified atom stereocenters. The Kier molecular flexibility index (Phi) is 2.97. The number of amides is 1. The van der Waals surface area contributed by atoms with Gasteiger partial charge >= 0.3 is 0 Å². The maximum atomic E-state index is 12.5. The Morgan fingerprint density at radius 2 is 1.89 bits per heavy atom. The zero-order valence-corrected chi connectivity index (χ0v) is 11.6. The fraction of sp³-hybridized carbons (Fsp3) is 0.692. The zero-order chi connectivity index (χ0) is 13.6. The average Bonchev–Trinajstić information content (AvgIpc) is 3.19. The number of anilines is 1. The summed E-state index contributed by atoms with van der Waals surface area (Å²) in [5.41, 5.74) is 7.72. The Balaban J connectivity index is 1.70. The van der Waals surface area contributed by atoms with Crippen molar-refractivity contribution in [1.29, 1.82) is 0 Å². The monoisotopic (exact) mass is 263 g/mol. The fourth-order valence-electron chi connectivity index (χ4n) is 2.81. The van der Waals surface area contributed by atoms with Gasteiger partial charge in [-0.2, -0.15) is 5.10 Å². The number of hydrogen-bond donors (Lipinski definition) is 1. The molecule has 1 aliphatic heterocycles. The van der Waals surface area contributed by atoms with Crippen LogP contribution in [0.3, 0.4) is 0 Å². The highest BCUT2D eigenvalue weighted by atomic mass is 16.2. The van der Waals surface area contributed by atoms with Crippen LogP contribution in [0.5, 0.6) is 0 Å². The van der Waals surface area contributed by atoms with Crippen molar-refractivity contribution in [3.63, 3.8) is 0 Å². The highest BCUT2D eigenvalue weighted by molar-refractivity contribution is 5.98. The van der Waals surface area contributed by atoms with Crippen molar-refractivity contribution < 1.29 is 4.79 Å². The molecule has 2 N–H and O–H groups in total. The number of rotatable bonds is 2. The molecule has 6 heteroatoms. The van der Waals surface area contributed by atoms with Crippen LogP contribution in [0.4, 0.5) is 5.69 Å². The minimum Gasteiger partial charge on any atom is -0.395 e. The molecule has 6 nitrogen and oxygen atoms in total. The van der Waals surface area contributed by atoms with Crippen LogP contribution in [-0.4, -0.2) is 57.7 Å². The summed E-state index contributed by atoms with van der Waals surface area (Å²) in [5.74, 6) is 0.0102. The molecule has 2 fully saturated rings. The smallest absolute Gasteiger partial charge is 0.274 e. The second kappa shape index (κ2) is 4.52. The van der Waals surface area contributed by atoms with E-state index in [0.29, 0.717) is 11.4 Å². The van der Waals surface area contributed by atoms with E-state index in [1.165, 1.54) is 12.8 Å². The van der Waals surface area contributed by atoms with E-state index in [-0.39, 0.29) is 5.91 Å². The number of carbonyl (C=O) groups excluding carboxylic acids is 1. The first-order valence-electron chi connectivity index (χ1n) is 6.90. The van der Waals surface area contributed by atoms with Crippen molar-refractivity contribution in [2.24, 2.45) is 7.05 Å². The van der Waals surface area contributed by atoms with Crippen LogP contribution in [0.15, 0.2) is 0 Å². The molecule has 1 saturated carbocycles. The van der Waals surface area contributed by atoms with Gasteiger partial charge in [-0.25, -0.2) is 0 Å². The van der Waals surface area contributed by atoms with Crippen molar-refractivity contribution >= 4 is 11.6 Å². The second-order valence-electron chi connectivity index (χ2n) is 5.53. The maximum Gasteiger partial charge on any atom is 0.274 e. The minimum absolute atomic E-state index is 0.0102. The summed E-state index contributed by atoms with van der Waals surface area (Å²) in [7, 11) is 1.77. The van der Waals surface area contributed by atoms with Crippen LogP contribution in [-0.2, 0) is 7.05 Å². The molecule has 0 spiro atoms. The standard InChI is InChI=1S/C13H21N5O/c1-9-11(14)12(16(2)15-9)13(19)18-7-5-17(6-8-18)10-3-4-10/h10H,3-8,14H2,1-2H3. The van der Waals surface area contributed by atoms with Crippen molar-refractivity contribution in [3.05, 3.63) is 11.4 Å². The number of aromatic nitrogens is 2. The summed E-state index contributed by atoms with van der Waals surface area (Å²) >= 11 is 0. The van der Waals surface area contributed by atoms with Crippen molar-refractivity contribution in [1.82, 2.24) is 19.6 Å².